The molecule has 1 aliphatic carbocycles. The Morgan fingerprint density at radius 1 is 1.05 bits per heavy atom. The first-order chi connectivity index (χ1) is 9.60. The van der Waals surface area contributed by atoms with Gasteiger partial charge in [0.25, 0.3) is 0 Å². The summed E-state index contributed by atoms with van der Waals surface area (Å²) in [7, 11) is 0. The molecule has 1 unspecified atom stereocenters. The molecule has 0 spiro atoms. The third-order valence-corrected chi connectivity index (χ3v) is 3.29. The largest absolute Gasteiger partial charge is 0.444 e. The van der Waals surface area contributed by atoms with E-state index in [-0.39, 0.29) is 19.6 Å². The summed E-state index contributed by atoms with van der Waals surface area (Å²) in [4.78, 5) is 13.2. The molecule has 5 atom stereocenters. The van der Waals surface area contributed by atoms with Gasteiger partial charge in [-0.05, 0) is 27.2 Å². The number of ether oxygens (including phenoxy) is 1. The first kappa shape index (κ1) is 18.1. The Morgan fingerprint density at radius 3 is 1.90 bits per heavy atom. The summed E-state index contributed by atoms with van der Waals surface area (Å²) in [5.41, 5.74) is -0.777. The molecule has 21 heavy (non-hydrogen) atoms. The minimum absolute atomic E-state index is 0.0175. The average molecular weight is 307 g/mol. The summed E-state index contributed by atoms with van der Waals surface area (Å²) in [6.45, 7) is 4.83. The minimum Gasteiger partial charge on any atom is -0.444 e. The van der Waals surface area contributed by atoms with Crippen LogP contribution in [0.1, 0.15) is 27.2 Å². The van der Waals surface area contributed by atoms with Crippen LogP contribution in [0.25, 0.3) is 0 Å². The molecule has 0 heterocycles. The molecule has 124 valence electrons. The summed E-state index contributed by atoms with van der Waals surface area (Å²) in [6, 6.07) is -1.20. The highest BCUT2D eigenvalue weighted by Crippen LogP contribution is 2.27. The molecule has 1 saturated carbocycles. The Kier molecular flexibility index (Phi) is 5.94. The van der Waals surface area contributed by atoms with Gasteiger partial charge < -0.3 is 30.3 Å². The summed E-state index contributed by atoms with van der Waals surface area (Å²) >= 11 is 0. The third-order valence-electron chi connectivity index (χ3n) is 3.29. The van der Waals surface area contributed by atoms with Gasteiger partial charge in [-0.15, -0.1) is 0 Å². The number of carbonyl (C=O) groups excluding carboxylic acids is 1. The number of carbonyl (C=O) groups is 1. The van der Waals surface area contributed by atoms with Gasteiger partial charge in [0.1, 0.15) is 30.0 Å². The zero-order valence-corrected chi connectivity index (χ0v) is 12.5. The molecule has 1 rings (SSSR count). The van der Waals surface area contributed by atoms with E-state index in [0.29, 0.717) is 0 Å². The van der Waals surface area contributed by atoms with E-state index < -0.39 is 42.2 Å². The maximum absolute atomic E-state index is 12.2. The van der Waals surface area contributed by atoms with Crippen molar-refractivity contribution in [1.82, 2.24) is 4.90 Å². The van der Waals surface area contributed by atoms with Gasteiger partial charge in [0.15, 0.2) is 0 Å². The zero-order chi connectivity index (χ0) is 16.4. The molecular weight excluding hydrogens is 282 g/mol. The maximum atomic E-state index is 12.2. The van der Waals surface area contributed by atoms with Crippen LogP contribution in [0.5, 0.6) is 0 Å². The molecule has 8 heteroatoms. The molecule has 0 aromatic heterocycles. The fourth-order valence-corrected chi connectivity index (χ4v) is 2.30. The van der Waals surface area contributed by atoms with Crippen LogP contribution in [-0.2, 0) is 4.74 Å². The molecular formula is C13H25NO7. The molecule has 1 amide bonds. The fourth-order valence-electron chi connectivity index (χ4n) is 2.30. The molecule has 0 saturated heterocycles. The van der Waals surface area contributed by atoms with Crippen LogP contribution in [0.2, 0.25) is 0 Å². The molecule has 1 aliphatic rings. The SMILES string of the molecule is CC(C)(C)OC(=O)N(CCCO)C1[C@@H](O)[C@H](O)[C@H](O)[C@H]1O. The Bertz CT molecular complexity index is 343. The van der Waals surface area contributed by atoms with Crippen LogP contribution in [0, 0.1) is 0 Å². The second-order valence-electron chi connectivity index (χ2n) is 6.20. The minimum atomic E-state index is -1.55. The van der Waals surface area contributed by atoms with Crippen molar-refractivity contribution in [3.05, 3.63) is 0 Å². The Labute approximate surface area is 123 Å². The number of nitrogens with zero attached hydrogens (tertiary/aromatic N) is 1. The molecule has 5 N–H and O–H groups in total. The Hall–Kier alpha value is -0.930. The van der Waals surface area contributed by atoms with Gasteiger partial charge in [-0.1, -0.05) is 0 Å². The number of amides is 1. The number of rotatable bonds is 4. The van der Waals surface area contributed by atoms with E-state index in [2.05, 4.69) is 0 Å². The van der Waals surface area contributed by atoms with Gasteiger partial charge in [-0.2, -0.15) is 0 Å². The first-order valence-electron chi connectivity index (χ1n) is 6.93. The highest BCUT2D eigenvalue weighted by molar-refractivity contribution is 5.69. The average Bonchev–Trinajstić information content (AvgIpc) is 2.54. The molecule has 8 nitrogen and oxygen atoms in total. The maximum Gasteiger partial charge on any atom is 0.410 e. The fraction of sp³-hybridized carbons (Fsp3) is 0.923. The van der Waals surface area contributed by atoms with Gasteiger partial charge in [-0.25, -0.2) is 4.79 Å². The highest BCUT2D eigenvalue weighted by atomic mass is 16.6. The monoisotopic (exact) mass is 307 g/mol. The number of aliphatic hydroxyl groups excluding tert-OH is 5. The molecule has 1 fully saturated rings. The molecule has 0 aromatic carbocycles. The van der Waals surface area contributed by atoms with Crippen LogP contribution in [0.4, 0.5) is 4.79 Å². The Balaban J connectivity index is 2.94. The second kappa shape index (κ2) is 6.89. The van der Waals surface area contributed by atoms with Crippen molar-refractivity contribution in [3.8, 4) is 0 Å². The van der Waals surface area contributed by atoms with E-state index >= 15 is 0 Å². The van der Waals surface area contributed by atoms with Crippen molar-refractivity contribution in [3.63, 3.8) is 0 Å². The number of hydrogen-bond acceptors (Lipinski definition) is 7. The second-order valence-corrected chi connectivity index (χ2v) is 6.20. The van der Waals surface area contributed by atoms with Gasteiger partial charge in [-0.3, -0.25) is 4.90 Å². The molecule has 0 radical (unpaired) electrons. The van der Waals surface area contributed by atoms with Gasteiger partial charge >= 0.3 is 6.09 Å². The summed E-state index contributed by atoms with van der Waals surface area (Å²) < 4.78 is 5.20. The quantitative estimate of drug-likeness (QED) is 0.424. The van der Waals surface area contributed by atoms with E-state index in [1.54, 1.807) is 20.8 Å². The van der Waals surface area contributed by atoms with Gasteiger partial charge in [0.05, 0.1) is 6.04 Å². The molecule has 0 bridgehead atoms. The van der Waals surface area contributed by atoms with Crippen LogP contribution in [0.3, 0.4) is 0 Å². The number of aliphatic hydroxyl groups is 5. The summed E-state index contributed by atoms with van der Waals surface area (Å²) in [5, 5.41) is 48.0. The standard InChI is InChI=1S/C13H25NO7/c1-13(2,3)21-12(20)14(5-4-6-15)7-8(16)10(18)11(19)9(7)17/h7-11,15-19H,4-6H2,1-3H3/t7?,8-,9+,10+,11-. The molecule has 0 aliphatic heterocycles. The van der Waals surface area contributed by atoms with Crippen molar-refractivity contribution in [2.75, 3.05) is 13.2 Å². The lowest BCUT2D eigenvalue weighted by Gasteiger charge is -2.34. The Morgan fingerprint density at radius 2 is 1.52 bits per heavy atom. The van der Waals surface area contributed by atoms with E-state index in [0.717, 1.165) is 4.90 Å². The normalized spacial score (nSPS) is 33.0. The predicted octanol–water partition coefficient (Wildman–Crippen LogP) is -1.57. The van der Waals surface area contributed by atoms with Crippen LogP contribution in [0.15, 0.2) is 0 Å². The lowest BCUT2D eigenvalue weighted by molar-refractivity contribution is -0.0413. The number of hydrogen-bond donors (Lipinski definition) is 5. The summed E-state index contributed by atoms with van der Waals surface area (Å²) in [6.07, 6.45) is -6.68. The van der Waals surface area contributed by atoms with Crippen LogP contribution < -0.4 is 0 Å². The van der Waals surface area contributed by atoms with Crippen molar-refractivity contribution >= 4 is 6.09 Å². The smallest absolute Gasteiger partial charge is 0.410 e. The van der Waals surface area contributed by atoms with E-state index in [1.165, 1.54) is 0 Å². The highest BCUT2D eigenvalue weighted by Gasteiger charge is 2.52. The predicted molar refractivity (Wildman–Crippen MR) is 72.5 cm³/mol. The van der Waals surface area contributed by atoms with Crippen molar-refractivity contribution in [1.29, 1.82) is 0 Å². The topological polar surface area (TPSA) is 131 Å². The van der Waals surface area contributed by atoms with E-state index in [9.17, 15) is 25.2 Å². The van der Waals surface area contributed by atoms with Gasteiger partial charge in [0.2, 0.25) is 0 Å². The zero-order valence-electron chi connectivity index (χ0n) is 12.5. The van der Waals surface area contributed by atoms with Crippen molar-refractivity contribution in [2.45, 2.75) is 63.3 Å². The van der Waals surface area contributed by atoms with Crippen molar-refractivity contribution < 1.29 is 35.1 Å². The van der Waals surface area contributed by atoms with Gasteiger partial charge in [0, 0.05) is 13.2 Å². The third kappa shape index (κ3) is 4.27. The lowest BCUT2D eigenvalue weighted by Crippen LogP contribution is -2.53. The first-order valence-corrected chi connectivity index (χ1v) is 6.93. The molecule has 0 aromatic rings. The van der Waals surface area contributed by atoms with E-state index in [1.807, 2.05) is 0 Å². The lowest BCUT2D eigenvalue weighted by atomic mass is 10.1. The van der Waals surface area contributed by atoms with Crippen LogP contribution in [-0.4, -0.2) is 85.7 Å². The van der Waals surface area contributed by atoms with Crippen molar-refractivity contribution in [2.24, 2.45) is 0 Å². The van der Waals surface area contributed by atoms with E-state index in [4.69, 9.17) is 9.84 Å². The van der Waals surface area contributed by atoms with Crippen LogP contribution >= 0.6 is 0 Å². The summed E-state index contributed by atoms with van der Waals surface area (Å²) in [5.74, 6) is 0.